The minimum Gasteiger partial charge on any atom is -0.462 e. The van der Waals surface area contributed by atoms with Crippen LogP contribution in [0.2, 0.25) is 0 Å². The Bertz CT molecular complexity index is 1380. The summed E-state index contributed by atoms with van der Waals surface area (Å²) in [5, 5.41) is 0. The first-order valence-corrected chi connectivity index (χ1v) is 10.4. The molecule has 2 aromatic heterocycles. The van der Waals surface area contributed by atoms with Crippen LogP contribution in [-0.2, 0) is 31.8 Å². The Morgan fingerprint density at radius 3 is 2.50 bits per heavy atom. The number of hydrogen-bond acceptors (Lipinski definition) is 5. The Morgan fingerprint density at radius 2 is 1.72 bits per heavy atom. The molecule has 2 heterocycles. The lowest BCUT2D eigenvalue weighted by Crippen LogP contribution is -2.39. The monoisotopic (exact) mass is 432 g/mol. The first-order chi connectivity index (χ1) is 15.5. The number of ether oxygens (including phenoxy) is 1. The SMILES string of the molecule is Cn1cnc2c1c(=O)n(CCCOC(=O)c1ccccc1Cc1ccccc1)c(=O)n2C. The van der Waals surface area contributed by atoms with Crippen molar-refractivity contribution in [3.63, 3.8) is 0 Å². The van der Waals surface area contributed by atoms with Crippen molar-refractivity contribution in [1.82, 2.24) is 18.7 Å². The molecule has 0 fully saturated rings. The van der Waals surface area contributed by atoms with Crippen LogP contribution in [0.15, 0.2) is 70.5 Å². The molecule has 4 rings (SSSR count). The van der Waals surface area contributed by atoms with Gasteiger partial charge in [0.05, 0.1) is 18.5 Å². The third-order valence-corrected chi connectivity index (χ3v) is 5.43. The molecule has 0 unspecified atom stereocenters. The van der Waals surface area contributed by atoms with Crippen molar-refractivity contribution in [2.24, 2.45) is 14.1 Å². The molecule has 4 aromatic rings. The predicted octanol–water partition coefficient (Wildman–Crippen LogP) is 2.27. The quantitative estimate of drug-likeness (QED) is 0.330. The lowest BCUT2D eigenvalue weighted by atomic mass is 10.00. The van der Waals surface area contributed by atoms with E-state index in [0.717, 1.165) is 15.7 Å². The van der Waals surface area contributed by atoms with Crippen LogP contribution in [0.25, 0.3) is 11.2 Å². The molecule has 0 saturated heterocycles. The summed E-state index contributed by atoms with van der Waals surface area (Å²) in [5.41, 5.74) is 2.37. The Morgan fingerprint density at radius 1 is 1.00 bits per heavy atom. The Kier molecular flexibility index (Phi) is 6.02. The first kappa shape index (κ1) is 21.3. The number of esters is 1. The van der Waals surface area contributed by atoms with E-state index in [9.17, 15) is 14.4 Å². The van der Waals surface area contributed by atoms with Gasteiger partial charge in [-0.1, -0.05) is 48.5 Å². The molecular formula is C24H24N4O4. The number of rotatable bonds is 7. The van der Waals surface area contributed by atoms with E-state index in [4.69, 9.17) is 4.74 Å². The van der Waals surface area contributed by atoms with E-state index in [1.54, 1.807) is 30.8 Å². The van der Waals surface area contributed by atoms with Crippen molar-refractivity contribution < 1.29 is 9.53 Å². The number of aromatic nitrogens is 4. The summed E-state index contributed by atoms with van der Waals surface area (Å²) >= 11 is 0. The standard InChI is InChI=1S/C24H24N4O4/c1-26-16-25-21-20(26)22(29)28(24(31)27(21)2)13-8-14-32-23(30)19-12-7-6-11-18(19)15-17-9-4-3-5-10-17/h3-7,9-12,16H,8,13-15H2,1-2H3. The van der Waals surface area contributed by atoms with Crippen molar-refractivity contribution in [1.29, 1.82) is 0 Å². The molecule has 0 saturated carbocycles. The van der Waals surface area contributed by atoms with Gasteiger partial charge in [0.15, 0.2) is 11.2 Å². The number of fused-ring (bicyclic) bond motifs is 1. The van der Waals surface area contributed by atoms with Crippen LogP contribution < -0.4 is 11.2 Å². The Hall–Kier alpha value is -3.94. The lowest BCUT2D eigenvalue weighted by molar-refractivity contribution is 0.0494. The van der Waals surface area contributed by atoms with Gasteiger partial charge in [0.2, 0.25) is 0 Å². The van der Waals surface area contributed by atoms with Gasteiger partial charge in [0.25, 0.3) is 5.56 Å². The van der Waals surface area contributed by atoms with Crippen molar-refractivity contribution in [3.05, 3.63) is 98.5 Å². The minimum absolute atomic E-state index is 0.0948. The molecule has 2 aromatic carbocycles. The van der Waals surface area contributed by atoms with Gasteiger partial charge in [0, 0.05) is 20.6 Å². The Balaban J connectivity index is 1.43. The van der Waals surface area contributed by atoms with Gasteiger partial charge >= 0.3 is 11.7 Å². The molecule has 164 valence electrons. The van der Waals surface area contributed by atoms with Gasteiger partial charge in [-0.05, 0) is 30.0 Å². The fraction of sp³-hybridized carbons (Fsp3) is 0.250. The highest BCUT2D eigenvalue weighted by Gasteiger charge is 2.16. The molecule has 0 N–H and O–H groups in total. The highest BCUT2D eigenvalue weighted by molar-refractivity contribution is 5.91. The zero-order valence-electron chi connectivity index (χ0n) is 18.0. The van der Waals surface area contributed by atoms with Gasteiger partial charge in [-0.25, -0.2) is 14.6 Å². The second-order valence-corrected chi connectivity index (χ2v) is 7.64. The summed E-state index contributed by atoms with van der Waals surface area (Å²) in [6, 6.07) is 17.3. The molecule has 0 amide bonds. The second kappa shape index (κ2) is 9.05. The van der Waals surface area contributed by atoms with Crippen LogP contribution >= 0.6 is 0 Å². The van der Waals surface area contributed by atoms with Crippen LogP contribution in [0.4, 0.5) is 0 Å². The molecule has 0 spiro atoms. The maximum atomic E-state index is 12.7. The van der Waals surface area contributed by atoms with Crippen molar-refractivity contribution in [3.8, 4) is 0 Å². The van der Waals surface area contributed by atoms with E-state index >= 15 is 0 Å². The fourth-order valence-electron chi connectivity index (χ4n) is 3.75. The van der Waals surface area contributed by atoms with Gasteiger partial charge < -0.3 is 9.30 Å². The van der Waals surface area contributed by atoms with E-state index in [1.165, 1.54) is 10.9 Å². The topological polar surface area (TPSA) is 88.1 Å². The summed E-state index contributed by atoms with van der Waals surface area (Å²) in [4.78, 5) is 42.1. The van der Waals surface area contributed by atoms with Crippen LogP contribution in [0.3, 0.4) is 0 Å². The summed E-state index contributed by atoms with van der Waals surface area (Å²) in [6.45, 7) is 0.239. The molecule has 0 atom stereocenters. The van der Waals surface area contributed by atoms with E-state index in [2.05, 4.69) is 4.98 Å². The molecule has 0 aliphatic carbocycles. The molecule has 0 aliphatic rings. The van der Waals surface area contributed by atoms with Crippen molar-refractivity contribution in [2.45, 2.75) is 19.4 Å². The van der Waals surface area contributed by atoms with E-state index in [0.29, 0.717) is 29.6 Å². The fourth-order valence-corrected chi connectivity index (χ4v) is 3.75. The molecule has 0 radical (unpaired) electrons. The number of nitrogens with zero attached hydrogens (tertiary/aromatic N) is 4. The van der Waals surface area contributed by atoms with Crippen LogP contribution in [0.1, 0.15) is 27.9 Å². The third kappa shape index (κ3) is 4.12. The van der Waals surface area contributed by atoms with Gasteiger partial charge in [-0.2, -0.15) is 0 Å². The van der Waals surface area contributed by atoms with Crippen LogP contribution in [-0.4, -0.2) is 31.3 Å². The molecule has 32 heavy (non-hydrogen) atoms. The molecule has 0 bridgehead atoms. The van der Waals surface area contributed by atoms with E-state index in [-0.39, 0.29) is 13.2 Å². The first-order valence-electron chi connectivity index (χ1n) is 10.4. The number of imidazole rings is 1. The van der Waals surface area contributed by atoms with Crippen LogP contribution in [0, 0.1) is 0 Å². The summed E-state index contributed by atoms with van der Waals surface area (Å²) in [6.07, 6.45) is 2.47. The van der Waals surface area contributed by atoms with Crippen molar-refractivity contribution in [2.75, 3.05) is 6.61 Å². The molecule has 0 aliphatic heterocycles. The highest BCUT2D eigenvalue weighted by Crippen LogP contribution is 2.15. The highest BCUT2D eigenvalue weighted by atomic mass is 16.5. The number of benzene rings is 2. The van der Waals surface area contributed by atoms with E-state index in [1.807, 2.05) is 42.5 Å². The summed E-state index contributed by atoms with van der Waals surface area (Å²) < 4.78 is 9.55. The maximum absolute atomic E-state index is 12.7. The average molecular weight is 432 g/mol. The van der Waals surface area contributed by atoms with Gasteiger partial charge in [0.1, 0.15) is 0 Å². The van der Waals surface area contributed by atoms with Crippen LogP contribution in [0.5, 0.6) is 0 Å². The predicted molar refractivity (Wildman–Crippen MR) is 121 cm³/mol. The average Bonchev–Trinajstić information content (AvgIpc) is 3.19. The zero-order valence-corrected chi connectivity index (χ0v) is 18.0. The van der Waals surface area contributed by atoms with Gasteiger partial charge in [-0.15, -0.1) is 0 Å². The Labute approximate surface area is 184 Å². The minimum atomic E-state index is -0.444. The van der Waals surface area contributed by atoms with E-state index < -0.39 is 17.2 Å². The largest absolute Gasteiger partial charge is 0.462 e. The molecule has 8 nitrogen and oxygen atoms in total. The second-order valence-electron chi connectivity index (χ2n) is 7.64. The summed E-state index contributed by atoms with van der Waals surface area (Å²) in [7, 11) is 3.29. The number of aryl methyl sites for hydroxylation is 2. The summed E-state index contributed by atoms with van der Waals surface area (Å²) in [5.74, 6) is -0.418. The number of carbonyl (C=O) groups is 1. The normalized spacial score (nSPS) is 11.1. The van der Waals surface area contributed by atoms with Crippen molar-refractivity contribution >= 4 is 17.1 Å². The molecular weight excluding hydrogens is 408 g/mol. The molecule has 8 heteroatoms. The smallest absolute Gasteiger partial charge is 0.338 e. The third-order valence-electron chi connectivity index (χ3n) is 5.43. The van der Waals surface area contributed by atoms with Gasteiger partial charge in [-0.3, -0.25) is 13.9 Å². The lowest BCUT2D eigenvalue weighted by Gasteiger charge is -2.11. The number of carbonyl (C=O) groups excluding carboxylic acids is 1. The number of hydrogen-bond donors (Lipinski definition) is 0. The zero-order chi connectivity index (χ0) is 22.7. The maximum Gasteiger partial charge on any atom is 0.338 e.